The van der Waals surface area contributed by atoms with Gasteiger partial charge in [0.2, 0.25) is 0 Å². The van der Waals surface area contributed by atoms with Gasteiger partial charge in [0.05, 0.1) is 6.54 Å². The zero-order valence-corrected chi connectivity index (χ0v) is 17.4. The zero-order chi connectivity index (χ0) is 19.5. The van der Waals surface area contributed by atoms with Crippen molar-refractivity contribution in [2.75, 3.05) is 12.3 Å². The van der Waals surface area contributed by atoms with Gasteiger partial charge in [-0.1, -0.05) is 57.9 Å². The third-order valence-electron chi connectivity index (χ3n) is 4.87. The molecule has 2 N–H and O–H groups in total. The number of hydrogen-bond donors (Lipinski definition) is 1. The molecular weight excluding hydrogens is 414 g/mol. The first-order valence-electron chi connectivity index (χ1n) is 9.32. The van der Waals surface area contributed by atoms with Gasteiger partial charge in [0, 0.05) is 4.47 Å². The van der Waals surface area contributed by atoms with Crippen LogP contribution in [-0.2, 0) is 13.1 Å². The summed E-state index contributed by atoms with van der Waals surface area (Å²) in [6, 6.07) is 24.8. The Bertz CT molecular complexity index is 1090. The highest BCUT2D eigenvalue weighted by molar-refractivity contribution is 9.10. The summed E-state index contributed by atoms with van der Waals surface area (Å²) in [5, 5.41) is 0. The van der Waals surface area contributed by atoms with Crippen molar-refractivity contribution in [2.24, 2.45) is 0 Å². The number of hydrogen-bond acceptors (Lipinski definition) is 2. The summed E-state index contributed by atoms with van der Waals surface area (Å²) in [5.74, 6) is 1.61. The molecule has 0 bridgehead atoms. The fourth-order valence-electron chi connectivity index (χ4n) is 3.38. The van der Waals surface area contributed by atoms with E-state index in [4.69, 9.17) is 10.5 Å². The van der Waals surface area contributed by atoms with E-state index in [1.807, 2.05) is 24.3 Å². The number of nitrogens with two attached hydrogens (primary N) is 1. The van der Waals surface area contributed by atoms with Gasteiger partial charge in [-0.15, -0.1) is 0 Å². The second-order valence-corrected chi connectivity index (χ2v) is 7.79. The molecule has 3 aromatic carbocycles. The van der Waals surface area contributed by atoms with Crippen molar-refractivity contribution in [1.29, 1.82) is 0 Å². The number of aryl methyl sites for hydroxylation is 1. The first-order chi connectivity index (χ1) is 13.6. The Hall–Kier alpha value is -2.79. The Morgan fingerprint density at radius 1 is 0.964 bits per heavy atom. The molecule has 0 saturated carbocycles. The molecule has 0 saturated heterocycles. The number of para-hydroxylation sites is 2. The maximum atomic E-state index is 6.55. The highest BCUT2D eigenvalue weighted by Crippen LogP contribution is 2.18. The molecule has 0 spiro atoms. The largest absolute Gasteiger partial charge is 0.490 e. The lowest BCUT2D eigenvalue weighted by Gasteiger charge is -2.06. The Morgan fingerprint density at radius 2 is 1.68 bits per heavy atom. The van der Waals surface area contributed by atoms with E-state index < -0.39 is 0 Å². The zero-order valence-electron chi connectivity index (χ0n) is 15.8. The SMILES string of the molecule is Cc1ccc(OCCn2c(N)[n+](Cc3ccc(Br)cc3)c3ccccc32)cc1. The van der Waals surface area contributed by atoms with E-state index in [-0.39, 0.29) is 0 Å². The molecule has 5 heteroatoms. The van der Waals surface area contributed by atoms with Gasteiger partial charge in [-0.05, 0) is 48.9 Å². The Kier molecular flexibility index (Phi) is 5.35. The van der Waals surface area contributed by atoms with E-state index >= 15 is 0 Å². The van der Waals surface area contributed by atoms with E-state index in [0.29, 0.717) is 13.2 Å². The molecule has 1 aromatic heterocycles. The molecule has 0 fully saturated rings. The lowest BCUT2D eigenvalue weighted by atomic mass is 10.2. The van der Waals surface area contributed by atoms with Crippen LogP contribution in [0.2, 0.25) is 0 Å². The summed E-state index contributed by atoms with van der Waals surface area (Å²) < 4.78 is 11.3. The van der Waals surface area contributed by atoms with Crippen molar-refractivity contribution >= 4 is 32.9 Å². The molecule has 0 aliphatic rings. The number of anilines is 1. The van der Waals surface area contributed by atoms with E-state index in [2.05, 4.69) is 80.5 Å². The minimum absolute atomic E-state index is 0.560. The molecule has 4 nitrogen and oxygen atoms in total. The second kappa shape index (κ2) is 8.07. The predicted molar refractivity (Wildman–Crippen MR) is 116 cm³/mol. The number of imidazole rings is 1. The maximum absolute atomic E-state index is 6.55. The molecule has 0 radical (unpaired) electrons. The fraction of sp³-hybridized carbons (Fsp3) is 0.174. The number of halogens is 1. The number of rotatable bonds is 6. The van der Waals surface area contributed by atoms with Crippen molar-refractivity contribution < 1.29 is 9.30 Å². The minimum Gasteiger partial charge on any atom is -0.490 e. The van der Waals surface area contributed by atoms with Crippen LogP contribution in [0.1, 0.15) is 11.1 Å². The van der Waals surface area contributed by atoms with E-state index in [0.717, 1.165) is 33.7 Å². The lowest BCUT2D eigenvalue weighted by Crippen LogP contribution is -2.37. The highest BCUT2D eigenvalue weighted by Gasteiger charge is 2.20. The van der Waals surface area contributed by atoms with E-state index in [1.165, 1.54) is 11.1 Å². The molecule has 0 amide bonds. The van der Waals surface area contributed by atoms with Crippen LogP contribution >= 0.6 is 15.9 Å². The van der Waals surface area contributed by atoms with Crippen LogP contribution < -0.4 is 15.0 Å². The van der Waals surface area contributed by atoms with Crippen molar-refractivity contribution in [3.8, 4) is 5.75 Å². The number of aromatic nitrogens is 2. The number of ether oxygens (including phenoxy) is 1. The van der Waals surface area contributed by atoms with Crippen LogP contribution in [0.5, 0.6) is 5.75 Å². The molecule has 0 atom stereocenters. The predicted octanol–water partition coefficient (Wildman–Crippen LogP) is 4.71. The monoisotopic (exact) mass is 436 g/mol. The lowest BCUT2D eigenvalue weighted by molar-refractivity contribution is -0.648. The number of benzene rings is 3. The van der Waals surface area contributed by atoms with Crippen molar-refractivity contribution in [3.63, 3.8) is 0 Å². The summed E-state index contributed by atoms with van der Waals surface area (Å²) in [7, 11) is 0. The molecule has 4 rings (SSSR count). The average Bonchev–Trinajstić information content (AvgIpc) is 2.97. The first kappa shape index (κ1) is 18.6. The van der Waals surface area contributed by atoms with Gasteiger partial charge in [-0.25, -0.2) is 9.13 Å². The molecule has 0 aliphatic heterocycles. The number of nitrogens with zero attached hydrogens (tertiary/aromatic N) is 2. The van der Waals surface area contributed by atoms with Crippen LogP contribution in [0.25, 0.3) is 11.0 Å². The first-order valence-corrected chi connectivity index (χ1v) is 10.1. The van der Waals surface area contributed by atoms with Gasteiger partial charge in [0.1, 0.15) is 29.9 Å². The number of nitrogen functional groups attached to an aromatic ring is 1. The second-order valence-electron chi connectivity index (χ2n) is 6.87. The maximum Gasteiger partial charge on any atom is 0.356 e. The Balaban J connectivity index is 1.58. The fourth-order valence-corrected chi connectivity index (χ4v) is 3.64. The van der Waals surface area contributed by atoms with Gasteiger partial charge in [-0.3, -0.25) is 5.73 Å². The van der Waals surface area contributed by atoms with Crippen molar-refractivity contribution in [1.82, 2.24) is 4.57 Å². The van der Waals surface area contributed by atoms with Crippen LogP contribution in [0, 0.1) is 6.92 Å². The highest BCUT2D eigenvalue weighted by atomic mass is 79.9. The smallest absolute Gasteiger partial charge is 0.356 e. The van der Waals surface area contributed by atoms with Crippen LogP contribution in [-0.4, -0.2) is 11.2 Å². The topological polar surface area (TPSA) is 44.1 Å². The third kappa shape index (κ3) is 3.90. The summed E-state index contributed by atoms with van der Waals surface area (Å²) in [6.07, 6.45) is 0. The van der Waals surface area contributed by atoms with Gasteiger partial charge in [0.25, 0.3) is 0 Å². The molecule has 0 aliphatic carbocycles. The van der Waals surface area contributed by atoms with Crippen molar-refractivity contribution in [3.05, 3.63) is 88.4 Å². The molecule has 28 heavy (non-hydrogen) atoms. The Morgan fingerprint density at radius 3 is 2.43 bits per heavy atom. The van der Waals surface area contributed by atoms with Crippen LogP contribution in [0.4, 0.5) is 5.95 Å². The standard InChI is InChI=1S/C23H22BrN3O/c1-17-6-12-20(13-7-17)28-15-14-26-21-4-2-3-5-22(21)27(23(26)25)16-18-8-10-19(24)11-9-18/h2-13,25H,14-16H2,1H3/p+1. The molecular formula is C23H23BrN3O+. The molecule has 142 valence electrons. The summed E-state index contributed by atoms with van der Waals surface area (Å²) in [4.78, 5) is 0. The van der Waals surface area contributed by atoms with Crippen LogP contribution in [0.3, 0.4) is 0 Å². The van der Waals surface area contributed by atoms with Crippen LogP contribution in [0.15, 0.2) is 77.3 Å². The molecule has 4 aromatic rings. The summed E-state index contributed by atoms with van der Waals surface area (Å²) in [6.45, 7) is 4.05. The quantitative estimate of drug-likeness (QED) is 0.444. The van der Waals surface area contributed by atoms with Gasteiger partial charge in [-0.2, -0.15) is 0 Å². The summed E-state index contributed by atoms with van der Waals surface area (Å²) in [5.41, 5.74) is 11.2. The van der Waals surface area contributed by atoms with E-state index in [9.17, 15) is 0 Å². The van der Waals surface area contributed by atoms with Gasteiger partial charge in [0.15, 0.2) is 0 Å². The summed E-state index contributed by atoms with van der Waals surface area (Å²) >= 11 is 3.49. The molecule has 1 heterocycles. The van der Waals surface area contributed by atoms with Gasteiger partial charge >= 0.3 is 5.95 Å². The van der Waals surface area contributed by atoms with Crippen molar-refractivity contribution in [2.45, 2.75) is 20.0 Å². The molecule has 0 unspecified atom stereocenters. The number of fused-ring (bicyclic) bond motifs is 1. The van der Waals surface area contributed by atoms with E-state index in [1.54, 1.807) is 0 Å². The minimum atomic E-state index is 0.560. The van der Waals surface area contributed by atoms with Gasteiger partial charge < -0.3 is 4.74 Å². The Labute approximate surface area is 173 Å². The average molecular weight is 437 g/mol. The third-order valence-corrected chi connectivity index (χ3v) is 5.40. The normalized spacial score (nSPS) is 11.1.